The molecule has 26 heavy (non-hydrogen) atoms. The number of nitrogens with zero attached hydrogens (tertiary/aromatic N) is 4. The Balaban J connectivity index is 2.06. The second kappa shape index (κ2) is 6.34. The van der Waals surface area contributed by atoms with Crippen LogP contribution in [0.3, 0.4) is 0 Å². The zero-order valence-electron chi connectivity index (χ0n) is 14.5. The normalized spacial score (nSPS) is 10.7. The van der Waals surface area contributed by atoms with Gasteiger partial charge in [-0.15, -0.1) is 0 Å². The van der Waals surface area contributed by atoms with E-state index in [1.54, 1.807) is 7.11 Å². The Bertz CT molecular complexity index is 1150. The zero-order valence-corrected chi connectivity index (χ0v) is 14.5. The first-order valence-corrected chi connectivity index (χ1v) is 8.19. The Kier molecular flexibility index (Phi) is 3.86. The summed E-state index contributed by atoms with van der Waals surface area (Å²) in [5.41, 5.74) is 5.75. The molecule has 2 heterocycles. The van der Waals surface area contributed by atoms with Crippen LogP contribution in [0.1, 0.15) is 11.1 Å². The second-order valence-corrected chi connectivity index (χ2v) is 6.02. The monoisotopic (exact) mass is 340 g/mol. The smallest absolute Gasteiger partial charge is 0.119 e. The Morgan fingerprint density at radius 3 is 2.69 bits per heavy atom. The van der Waals surface area contributed by atoms with Gasteiger partial charge in [-0.3, -0.25) is 0 Å². The summed E-state index contributed by atoms with van der Waals surface area (Å²) in [7, 11) is 1.64. The highest BCUT2D eigenvalue weighted by Crippen LogP contribution is 2.32. The SMILES string of the molecule is COc1cccc(-c2ncnc3c(C#N)cn(-c4cccc(C)c4)c23)c1. The third-order valence-electron chi connectivity index (χ3n) is 4.32. The first-order valence-electron chi connectivity index (χ1n) is 8.19. The lowest BCUT2D eigenvalue weighted by Gasteiger charge is -2.10. The maximum Gasteiger partial charge on any atom is 0.119 e. The lowest BCUT2D eigenvalue weighted by atomic mass is 10.1. The van der Waals surface area contributed by atoms with Crippen molar-refractivity contribution in [2.45, 2.75) is 6.92 Å². The first kappa shape index (κ1) is 15.9. The lowest BCUT2D eigenvalue weighted by molar-refractivity contribution is 0.415. The van der Waals surface area contributed by atoms with Crippen molar-refractivity contribution in [2.24, 2.45) is 0 Å². The quantitative estimate of drug-likeness (QED) is 0.558. The molecule has 0 saturated heterocycles. The number of methoxy groups -OCH3 is 1. The highest BCUT2D eigenvalue weighted by Gasteiger charge is 2.17. The standard InChI is InChI=1S/C21H16N4O/c1-14-5-3-7-17(9-14)25-12-16(11-22)20-21(25)19(23-13-24-20)15-6-4-8-18(10-15)26-2/h3-10,12-13H,1-2H3. The summed E-state index contributed by atoms with van der Waals surface area (Å²) in [5, 5.41) is 9.55. The Morgan fingerprint density at radius 2 is 1.92 bits per heavy atom. The summed E-state index contributed by atoms with van der Waals surface area (Å²) in [6.07, 6.45) is 3.32. The van der Waals surface area contributed by atoms with Crippen LogP contribution < -0.4 is 4.74 Å². The van der Waals surface area contributed by atoms with Gasteiger partial charge in [0.2, 0.25) is 0 Å². The molecular weight excluding hydrogens is 324 g/mol. The average molecular weight is 340 g/mol. The van der Waals surface area contributed by atoms with Crippen LogP contribution in [-0.2, 0) is 0 Å². The number of hydrogen-bond acceptors (Lipinski definition) is 4. The molecule has 0 spiro atoms. The van der Waals surface area contributed by atoms with Gasteiger partial charge in [0.05, 0.1) is 23.9 Å². The molecule has 4 aromatic rings. The molecule has 0 radical (unpaired) electrons. The molecule has 0 N–H and O–H groups in total. The van der Waals surface area contributed by atoms with Crippen LogP contribution in [0.15, 0.2) is 61.1 Å². The van der Waals surface area contributed by atoms with Crippen molar-refractivity contribution in [3.05, 3.63) is 72.2 Å². The molecule has 0 bridgehead atoms. The number of hydrogen-bond donors (Lipinski definition) is 0. The molecule has 0 unspecified atom stereocenters. The number of benzene rings is 2. The van der Waals surface area contributed by atoms with Crippen LogP contribution in [0.4, 0.5) is 0 Å². The van der Waals surface area contributed by atoms with E-state index < -0.39 is 0 Å². The minimum absolute atomic E-state index is 0.521. The zero-order chi connectivity index (χ0) is 18.1. The average Bonchev–Trinajstić information content (AvgIpc) is 3.07. The van der Waals surface area contributed by atoms with E-state index in [0.29, 0.717) is 11.1 Å². The summed E-state index contributed by atoms with van der Waals surface area (Å²) in [5.74, 6) is 0.753. The van der Waals surface area contributed by atoms with E-state index in [-0.39, 0.29) is 0 Å². The topological polar surface area (TPSA) is 63.7 Å². The van der Waals surface area contributed by atoms with Crippen molar-refractivity contribution in [1.29, 1.82) is 5.26 Å². The van der Waals surface area contributed by atoms with E-state index in [2.05, 4.69) is 22.1 Å². The van der Waals surface area contributed by atoms with Gasteiger partial charge in [0.25, 0.3) is 0 Å². The Hall–Kier alpha value is -3.65. The molecule has 0 aliphatic heterocycles. The van der Waals surface area contributed by atoms with E-state index in [9.17, 15) is 5.26 Å². The Labute approximate surface area is 151 Å². The second-order valence-electron chi connectivity index (χ2n) is 6.02. The maximum atomic E-state index is 9.55. The maximum absolute atomic E-state index is 9.55. The minimum Gasteiger partial charge on any atom is -0.497 e. The third kappa shape index (κ3) is 2.58. The van der Waals surface area contributed by atoms with Gasteiger partial charge in [-0.2, -0.15) is 5.26 Å². The van der Waals surface area contributed by atoms with Crippen LogP contribution in [0, 0.1) is 18.3 Å². The molecule has 126 valence electrons. The summed E-state index contributed by atoms with van der Waals surface area (Å²) in [6, 6.07) is 18.1. The number of rotatable bonds is 3. The molecule has 5 nitrogen and oxygen atoms in total. The predicted molar refractivity (Wildman–Crippen MR) is 100 cm³/mol. The van der Waals surface area contributed by atoms with Crippen LogP contribution in [-0.4, -0.2) is 21.6 Å². The van der Waals surface area contributed by atoms with Crippen LogP contribution in [0.5, 0.6) is 5.75 Å². The summed E-state index contributed by atoms with van der Waals surface area (Å²) in [6.45, 7) is 2.04. The van der Waals surface area contributed by atoms with Crippen LogP contribution in [0.2, 0.25) is 0 Å². The molecule has 2 aromatic carbocycles. The molecule has 0 fully saturated rings. The van der Waals surface area contributed by atoms with E-state index >= 15 is 0 Å². The van der Waals surface area contributed by atoms with Crippen molar-refractivity contribution in [3.8, 4) is 28.8 Å². The molecule has 0 saturated carbocycles. The number of nitriles is 1. The van der Waals surface area contributed by atoms with Crippen LogP contribution >= 0.6 is 0 Å². The van der Waals surface area contributed by atoms with Crippen LogP contribution in [0.25, 0.3) is 28.0 Å². The lowest BCUT2D eigenvalue weighted by Crippen LogP contribution is -1.97. The van der Waals surface area contributed by atoms with Crippen molar-refractivity contribution in [3.63, 3.8) is 0 Å². The number of aryl methyl sites for hydroxylation is 1. The van der Waals surface area contributed by atoms with Gasteiger partial charge in [-0.25, -0.2) is 9.97 Å². The Morgan fingerprint density at radius 1 is 1.08 bits per heavy atom. The molecule has 2 aromatic heterocycles. The van der Waals surface area contributed by atoms with Gasteiger partial charge in [0.15, 0.2) is 0 Å². The molecular formula is C21H16N4O. The van der Waals surface area contributed by atoms with E-state index in [0.717, 1.165) is 33.8 Å². The molecule has 5 heteroatoms. The van der Waals surface area contributed by atoms with Gasteiger partial charge < -0.3 is 9.30 Å². The highest BCUT2D eigenvalue weighted by molar-refractivity contribution is 5.94. The fourth-order valence-electron chi connectivity index (χ4n) is 3.10. The largest absolute Gasteiger partial charge is 0.497 e. The molecule has 4 rings (SSSR count). The summed E-state index contributed by atoms with van der Waals surface area (Å²) < 4.78 is 7.32. The van der Waals surface area contributed by atoms with Gasteiger partial charge >= 0.3 is 0 Å². The number of aromatic nitrogens is 3. The van der Waals surface area contributed by atoms with Crippen molar-refractivity contribution in [2.75, 3.05) is 7.11 Å². The molecule has 0 aliphatic rings. The van der Waals surface area contributed by atoms with Gasteiger partial charge in [0.1, 0.15) is 23.7 Å². The molecule has 0 aliphatic carbocycles. The van der Waals surface area contributed by atoms with Gasteiger partial charge in [0, 0.05) is 17.4 Å². The fourth-order valence-corrected chi connectivity index (χ4v) is 3.10. The molecule has 0 amide bonds. The summed E-state index contributed by atoms with van der Waals surface area (Å²) in [4.78, 5) is 8.88. The van der Waals surface area contributed by atoms with E-state index in [1.807, 2.05) is 60.2 Å². The highest BCUT2D eigenvalue weighted by atomic mass is 16.5. The van der Waals surface area contributed by atoms with Gasteiger partial charge in [-0.1, -0.05) is 24.3 Å². The van der Waals surface area contributed by atoms with Crippen molar-refractivity contribution >= 4 is 11.0 Å². The van der Waals surface area contributed by atoms with E-state index in [4.69, 9.17) is 4.74 Å². The third-order valence-corrected chi connectivity index (χ3v) is 4.32. The van der Waals surface area contributed by atoms with Crippen molar-refractivity contribution in [1.82, 2.24) is 14.5 Å². The summed E-state index contributed by atoms with van der Waals surface area (Å²) >= 11 is 0. The fraction of sp³-hybridized carbons (Fsp3) is 0.0952. The van der Waals surface area contributed by atoms with Crippen molar-refractivity contribution < 1.29 is 4.74 Å². The van der Waals surface area contributed by atoms with E-state index in [1.165, 1.54) is 6.33 Å². The molecule has 0 atom stereocenters. The minimum atomic E-state index is 0.521. The number of fused-ring (bicyclic) bond motifs is 1. The number of ether oxygens (including phenoxy) is 1. The first-order chi connectivity index (χ1) is 12.7. The van der Waals surface area contributed by atoms with Gasteiger partial charge in [-0.05, 0) is 36.8 Å². The predicted octanol–water partition coefficient (Wildman–Crippen LogP) is 4.28.